The van der Waals surface area contributed by atoms with Crippen LogP contribution in [0.15, 0.2) is 6.20 Å². The number of nitrogens with one attached hydrogen (secondary N) is 1. The molecule has 1 fully saturated rings. The Morgan fingerprint density at radius 1 is 1.70 bits per heavy atom. The predicted molar refractivity (Wildman–Crippen MR) is 39.9 cm³/mol. The van der Waals surface area contributed by atoms with Crippen molar-refractivity contribution in [3.8, 4) is 0 Å². The molecule has 1 aliphatic carbocycles. The van der Waals surface area contributed by atoms with Crippen LogP contribution in [-0.2, 0) is 6.42 Å². The number of aromatic amines is 1. The summed E-state index contributed by atoms with van der Waals surface area (Å²) in [4.78, 5) is 0. The Bertz CT molecular complexity index is 223. The van der Waals surface area contributed by atoms with Crippen molar-refractivity contribution < 1.29 is 0 Å². The molecule has 0 aromatic carbocycles. The van der Waals surface area contributed by atoms with Crippen molar-refractivity contribution in [3.63, 3.8) is 0 Å². The highest BCUT2D eigenvalue weighted by Crippen LogP contribution is 2.41. The van der Waals surface area contributed by atoms with E-state index in [0.717, 1.165) is 12.3 Å². The summed E-state index contributed by atoms with van der Waals surface area (Å²) in [6, 6.07) is 0. The van der Waals surface area contributed by atoms with E-state index < -0.39 is 0 Å². The number of hydrogen-bond acceptors (Lipinski definition) is 1. The van der Waals surface area contributed by atoms with E-state index in [2.05, 4.69) is 17.1 Å². The van der Waals surface area contributed by atoms with Crippen LogP contribution in [0, 0.1) is 0 Å². The van der Waals surface area contributed by atoms with Crippen molar-refractivity contribution >= 4 is 0 Å². The van der Waals surface area contributed by atoms with Gasteiger partial charge in [-0.1, -0.05) is 6.92 Å². The summed E-state index contributed by atoms with van der Waals surface area (Å²) in [7, 11) is 0. The molecule has 1 N–H and O–H groups in total. The normalized spacial score (nSPS) is 17.7. The molecule has 0 spiro atoms. The van der Waals surface area contributed by atoms with Crippen LogP contribution in [0.1, 0.15) is 36.9 Å². The number of hydrogen-bond donors (Lipinski definition) is 1. The fraction of sp³-hybridized carbons (Fsp3) is 0.625. The van der Waals surface area contributed by atoms with Gasteiger partial charge in [-0.15, -0.1) is 0 Å². The first-order chi connectivity index (χ1) is 4.92. The largest absolute Gasteiger partial charge is 0.282 e. The SMILES string of the molecule is CCc1[nH]ncc1C1CC1. The zero-order chi connectivity index (χ0) is 6.97. The fourth-order valence-electron chi connectivity index (χ4n) is 1.35. The van der Waals surface area contributed by atoms with Crippen LogP contribution in [0.2, 0.25) is 0 Å². The molecule has 1 aliphatic rings. The maximum Gasteiger partial charge on any atom is 0.0524 e. The number of rotatable bonds is 2. The van der Waals surface area contributed by atoms with Crippen molar-refractivity contribution in [1.82, 2.24) is 10.2 Å². The molecule has 0 radical (unpaired) electrons. The lowest BCUT2D eigenvalue weighted by Crippen LogP contribution is -1.85. The molecule has 1 aromatic heterocycles. The summed E-state index contributed by atoms with van der Waals surface area (Å²) in [5.74, 6) is 0.841. The average molecular weight is 136 g/mol. The third-order valence-corrected chi connectivity index (χ3v) is 2.12. The van der Waals surface area contributed by atoms with E-state index in [1.54, 1.807) is 0 Å². The Morgan fingerprint density at radius 2 is 2.50 bits per heavy atom. The minimum atomic E-state index is 0.841. The molecule has 0 amide bonds. The molecule has 0 unspecified atom stereocenters. The molecular weight excluding hydrogens is 124 g/mol. The monoisotopic (exact) mass is 136 g/mol. The van der Waals surface area contributed by atoms with Crippen LogP contribution in [0.5, 0.6) is 0 Å². The highest BCUT2D eigenvalue weighted by atomic mass is 15.1. The molecule has 0 saturated heterocycles. The molecule has 10 heavy (non-hydrogen) atoms. The Morgan fingerprint density at radius 3 is 3.10 bits per heavy atom. The molecule has 1 heterocycles. The van der Waals surface area contributed by atoms with Crippen molar-refractivity contribution in [3.05, 3.63) is 17.5 Å². The first-order valence-corrected chi connectivity index (χ1v) is 3.94. The van der Waals surface area contributed by atoms with Gasteiger partial charge in [-0.25, -0.2) is 0 Å². The second kappa shape index (κ2) is 2.11. The van der Waals surface area contributed by atoms with Gasteiger partial charge in [0, 0.05) is 5.69 Å². The Hall–Kier alpha value is -0.790. The van der Waals surface area contributed by atoms with Gasteiger partial charge < -0.3 is 0 Å². The Labute approximate surface area is 60.6 Å². The van der Waals surface area contributed by atoms with Gasteiger partial charge in [0.25, 0.3) is 0 Å². The lowest BCUT2D eigenvalue weighted by molar-refractivity contribution is 0.954. The zero-order valence-corrected chi connectivity index (χ0v) is 6.22. The number of H-pyrrole nitrogens is 1. The molecule has 2 rings (SSSR count). The van der Waals surface area contributed by atoms with Crippen molar-refractivity contribution in [2.45, 2.75) is 32.1 Å². The molecule has 2 heteroatoms. The van der Waals surface area contributed by atoms with Crippen LogP contribution < -0.4 is 0 Å². The van der Waals surface area contributed by atoms with Gasteiger partial charge in [0.1, 0.15) is 0 Å². The minimum Gasteiger partial charge on any atom is -0.282 e. The summed E-state index contributed by atoms with van der Waals surface area (Å²) in [6.07, 6.45) is 5.81. The van der Waals surface area contributed by atoms with E-state index in [-0.39, 0.29) is 0 Å². The number of aromatic nitrogens is 2. The first kappa shape index (κ1) is 5.96. The van der Waals surface area contributed by atoms with E-state index in [9.17, 15) is 0 Å². The third kappa shape index (κ3) is 0.838. The average Bonchev–Trinajstić information content (AvgIpc) is 2.69. The maximum atomic E-state index is 4.03. The van der Waals surface area contributed by atoms with Crippen LogP contribution in [0.25, 0.3) is 0 Å². The molecule has 54 valence electrons. The van der Waals surface area contributed by atoms with Gasteiger partial charge in [0.2, 0.25) is 0 Å². The third-order valence-electron chi connectivity index (χ3n) is 2.12. The van der Waals surface area contributed by atoms with Gasteiger partial charge in [0.05, 0.1) is 6.20 Å². The molecule has 2 nitrogen and oxygen atoms in total. The van der Waals surface area contributed by atoms with E-state index in [1.807, 2.05) is 6.20 Å². The van der Waals surface area contributed by atoms with E-state index in [0.29, 0.717) is 0 Å². The van der Waals surface area contributed by atoms with Gasteiger partial charge in [0.15, 0.2) is 0 Å². The molecule has 0 atom stereocenters. The topological polar surface area (TPSA) is 28.7 Å². The van der Waals surface area contributed by atoms with E-state index >= 15 is 0 Å². The van der Waals surface area contributed by atoms with Crippen LogP contribution >= 0.6 is 0 Å². The standard InChI is InChI=1S/C8H12N2/c1-2-8-7(5-9-10-8)6-3-4-6/h5-6H,2-4H2,1H3,(H,9,10). The van der Waals surface area contributed by atoms with Gasteiger partial charge >= 0.3 is 0 Å². The minimum absolute atomic E-state index is 0.841. The summed E-state index contributed by atoms with van der Waals surface area (Å²) in [5, 5.41) is 7.06. The van der Waals surface area contributed by atoms with Crippen molar-refractivity contribution in [1.29, 1.82) is 0 Å². The Kier molecular flexibility index (Phi) is 1.26. The van der Waals surface area contributed by atoms with E-state index in [1.165, 1.54) is 24.1 Å². The molecule has 1 saturated carbocycles. The van der Waals surface area contributed by atoms with Crippen molar-refractivity contribution in [2.75, 3.05) is 0 Å². The van der Waals surface area contributed by atoms with Crippen molar-refractivity contribution in [2.24, 2.45) is 0 Å². The molecule has 0 bridgehead atoms. The Balaban J connectivity index is 2.28. The van der Waals surface area contributed by atoms with Crippen LogP contribution in [-0.4, -0.2) is 10.2 Å². The second-order valence-corrected chi connectivity index (χ2v) is 2.93. The number of aryl methyl sites for hydroxylation is 1. The lowest BCUT2D eigenvalue weighted by Gasteiger charge is -1.94. The fourth-order valence-corrected chi connectivity index (χ4v) is 1.35. The smallest absolute Gasteiger partial charge is 0.0524 e. The van der Waals surface area contributed by atoms with Crippen LogP contribution in [0.3, 0.4) is 0 Å². The van der Waals surface area contributed by atoms with Crippen LogP contribution in [0.4, 0.5) is 0 Å². The zero-order valence-electron chi connectivity index (χ0n) is 6.22. The second-order valence-electron chi connectivity index (χ2n) is 2.93. The van der Waals surface area contributed by atoms with E-state index in [4.69, 9.17) is 0 Å². The summed E-state index contributed by atoms with van der Waals surface area (Å²) in [6.45, 7) is 2.17. The number of nitrogens with zero attached hydrogens (tertiary/aromatic N) is 1. The molecule has 1 aromatic rings. The van der Waals surface area contributed by atoms with Gasteiger partial charge in [-0.2, -0.15) is 5.10 Å². The lowest BCUT2D eigenvalue weighted by atomic mass is 10.1. The summed E-state index contributed by atoms with van der Waals surface area (Å²) >= 11 is 0. The maximum absolute atomic E-state index is 4.03. The van der Waals surface area contributed by atoms with Gasteiger partial charge in [-0.3, -0.25) is 5.10 Å². The van der Waals surface area contributed by atoms with Gasteiger partial charge in [-0.05, 0) is 30.7 Å². The highest BCUT2D eigenvalue weighted by molar-refractivity contribution is 5.25. The summed E-state index contributed by atoms with van der Waals surface area (Å²) < 4.78 is 0. The quantitative estimate of drug-likeness (QED) is 0.660. The predicted octanol–water partition coefficient (Wildman–Crippen LogP) is 1.85. The molecular formula is C8H12N2. The first-order valence-electron chi connectivity index (χ1n) is 3.94. The summed E-state index contributed by atoms with van der Waals surface area (Å²) in [5.41, 5.74) is 2.80. The molecule has 0 aliphatic heterocycles. The highest BCUT2D eigenvalue weighted by Gasteiger charge is 2.26.